The third-order valence-corrected chi connectivity index (χ3v) is 4.68. The lowest BCUT2D eigenvalue weighted by Crippen LogP contribution is -2.36. The minimum Gasteiger partial charge on any atom is -0.323 e. The Balaban J connectivity index is 2.89. The fourth-order valence-electron chi connectivity index (χ4n) is 1.43. The molecule has 1 rings (SSSR count). The molecule has 1 amide bonds. The molecule has 0 aliphatic carbocycles. The van der Waals surface area contributed by atoms with Gasteiger partial charge in [-0.25, -0.2) is 8.42 Å². The molecule has 1 aromatic rings. The van der Waals surface area contributed by atoms with E-state index in [1.54, 1.807) is 11.8 Å². The Bertz CT molecular complexity index is 590. The van der Waals surface area contributed by atoms with Crippen LogP contribution in [0.2, 0.25) is 5.02 Å². The number of carbonyl (C=O) groups excluding carboxylic acids is 1. The topological polar surface area (TPSA) is 89.3 Å². The van der Waals surface area contributed by atoms with Gasteiger partial charge in [0.25, 0.3) is 0 Å². The molecule has 112 valence electrons. The molecule has 20 heavy (non-hydrogen) atoms. The molecule has 0 aliphatic rings. The van der Waals surface area contributed by atoms with Gasteiger partial charge in [-0.05, 0) is 36.6 Å². The highest BCUT2D eigenvalue weighted by Gasteiger charge is 2.16. The fraction of sp³-hybridized carbons (Fsp3) is 0.417. The smallest absolute Gasteiger partial charge is 0.241 e. The van der Waals surface area contributed by atoms with Crippen LogP contribution < -0.4 is 11.1 Å². The van der Waals surface area contributed by atoms with Gasteiger partial charge in [0.05, 0.1) is 21.6 Å². The van der Waals surface area contributed by atoms with E-state index < -0.39 is 15.9 Å². The summed E-state index contributed by atoms with van der Waals surface area (Å²) >= 11 is 7.54. The first-order valence-electron chi connectivity index (χ1n) is 5.80. The number of thioether (sulfide) groups is 1. The summed E-state index contributed by atoms with van der Waals surface area (Å²) in [6.07, 6.45) is 3.56. The molecule has 0 saturated carbocycles. The molecule has 0 aromatic heterocycles. The summed E-state index contributed by atoms with van der Waals surface area (Å²) < 4.78 is 22.9. The van der Waals surface area contributed by atoms with Crippen molar-refractivity contribution in [3.05, 3.63) is 23.2 Å². The number of hydrogen-bond acceptors (Lipinski definition) is 5. The van der Waals surface area contributed by atoms with Crippen molar-refractivity contribution in [2.75, 3.05) is 23.6 Å². The number of hydrogen-bond donors (Lipinski definition) is 2. The third kappa shape index (κ3) is 4.97. The van der Waals surface area contributed by atoms with Gasteiger partial charge in [0.1, 0.15) is 0 Å². The quantitative estimate of drug-likeness (QED) is 0.826. The van der Waals surface area contributed by atoms with Gasteiger partial charge in [0.15, 0.2) is 9.84 Å². The van der Waals surface area contributed by atoms with Gasteiger partial charge < -0.3 is 11.1 Å². The van der Waals surface area contributed by atoms with Gasteiger partial charge in [-0.1, -0.05) is 11.6 Å². The van der Waals surface area contributed by atoms with Gasteiger partial charge in [-0.2, -0.15) is 11.8 Å². The second kappa shape index (κ2) is 7.31. The highest BCUT2D eigenvalue weighted by Crippen LogP contribution is 2.25. The van der Waals surface area contributed by atoms with E-state index in [2.05, 4.69) is 5.32 Å². The summed E-state index contributed by atoms with van der Waals surface area (Å²) in [4.78, 5) is 12.0. The molecule has 0 heterocycles. The van der Waals surface area contributed by atoms with Crippen molar-refractivity contribution in [2.24, 2.45) is 5.73 Å². The average Bonchev–Trinajstić information content (AvgIpc) is 2.37. The maximum absolute atomic E-state index is 11.9. The van der Waals surface area contributed by atoms with Crippen LogP contribution in [0.5, 0.6) is 0 Å². The molecule has 0 unspecified atom stereocenters. The molecular formula is C12H17ClN2O3S2. The Hall–Kier alpha value is -0.760. The number of sulfone groups is 1. The number of benzene rings is 1. The monoisotopic (exact) mass is 336 g/mol. The SMILES string of the molecule is CSCC[C@H](N)C(=O)Nc1cc(S(C)(=O)=O)ccc1Cl. The van der Waals surface area contributed by atoms with E-state index in [1.807, 2.05) is 6.26 Å². The van der Waals surface area contributed by atoms with Crippen molar-refractivity contribution in [2.45, 2.75) is 17.4 Å². The van der Waals surface area contributed by atoms with Crippen molar-refractivity contribution in [3.8, 4) is 0 Å². The largest absolute Gasteiger partial charge is 0.323 e. The van der Waals surface area contributed by atoms with Crippen molar-refractivity contribution >= 4 is 44.8 Å². The Morgan fingerprint density at radius 2 is 2.15 bits per heavy atom. The van der Waals surface area contributed by atoms with Crippen LogP contribution in [0, 0.1) is 0 Å². The molecular weight excluding hydrogens is 320 g/mol. The number of rotatable bonds is 6. The lowest BCUT2D eigenvalue weighted by molar-refractivity contribution is -0.117. The molecule has 0 radical (unpaired) electrons. The molecule has 8 heteroatoms. The van der Waals surface area contributed by atoms with Crippen LogP contribution in [0.15, 0.2) is 23.1 Å². The first kappa shape index (κ1) is 17.3. The van der Waals surface area contributed by atoms with Gasteiger partial charge >= 0.3 is 0 Å². The summed E-state index contributed by atoms with van der Waals surface area (Å²) in [7, 11) is -3.36. The highest BCUT2D eigenvalue weighted by molar-refractivity contribution is 7.98. The minimum atomic E-state index is -3.36. The molecule has 5 nitrogen and oxygen atoms in total. The number of carbonyl (C=O) groups is 1. The molecule has 0 bridgehead atoms. The van der Waals surface area contributed by atoms with Gasteiger partial charge in [-0.15, -0.1) is 0 Å². The summed E-state index contributed by atoms with van der Waals surface area (Å²) in [5.41, 5.74) is 5.99. The zero-order valence-electron chi connectivity index (χ0n) is 11.2. The average molecular weight is 337 g/mol. The van der Waals surface area contributed by atoms with Gasteiger partial charge in [0, 0.05) is 6.26 Å². The van der Waals surface area contributed by atoms with Crippen LogP contribution in [-0.4, -0.2) is 38.6 Å². The van der Waals surface area contributed by atoms with Crippen molar-refractivity contribution in [3.63, 3.8) is 0 Å². The minimum absolute atomic E-state index is 0.0925. The van der Waals surface area contributed by atoms with E-state index in [4.69, 9.17) is 17.3 Å². The standard InChI is InChI=1S/C12H17ClN2O3S2/c1-19-6-5-10(14)12(16)15-11-7-8(20(2,17)18)3-4-9(11)13/h3-4,7,10H,5-6,14H2,1-2H3,(H,15,16)/t10-/m0/s1. The Kier molecular flexibility index (Phi) is 6.32. The zero-order valence-corrected chi connectivity index (χ0v) is 13.6. The van der Waals surface area contributed by atoms with Crippen LogP contribution in [0.1, 0.15) is 6.42 Å². The fourth-order valence-corrected chi connectivity index (χ4v) is 2.73. The summed E-state index contributed by atoms with van der Waals surface area (Å²) in [6.45, 7) is 0. The Labute approximate surface area is 128 Å². The van der Waals surface area contributed by atoms with Gasteiger partial charge in [0.2, 0.25) is 5.91 Å². The van der Waals surface area contributed by atoms with E-state index >= 15 is 0 Å². The van der Waals surface area contributed by atoms with Crippen LogP contribution >= 0.6 is 23.4 Å². The second-order valence-corrected chi connectivity index (χ2v) is 7.70. The number of nitrogens with two attached hydrogens (primary N) is 1. The first-order valence-corrected chi connectivity index (χ1v) is 9.47. The number of anilines is 1. The lowest BCUT2D eigenvalue weighted by Gasteiger charge is -2.13. The van der Waals surface area contributed by atoms with E-state index in [9.17, 15) is 13.2 Å². The first-order chi connectivity index (χ1) is 9.25. The number of nitrogens with one attached hydrogen (secondary N) is 1. The Morgan fingerprint density at radius 1 is 1.50 bits per heavy atom. The van der Waals surface area contributed by atoms with Gasteiger partial charge in [-0.3, -0.25) is 4.79 Å². The molecule has 1 aromatic carbocycles. The van der Waals surface area contributed by atoms with Crippen LogP contribution in [-0.2, 0) is 14.6 Å². The Morgan fingerprint density at radius 3 is 2.70 bits per heavy atom. The van der Waals surface area contributed by atoms with Crippen LogP contribution in [0.4, 0.5) is 5.69 Å². The lowest BCUT2D eigenvalue weighted by atomic mass is 10.2. The molecule has 0 spiro atoms. The van der Waals surface area contributed by atoms with Crippen LogP contribution in [0.25, 0.3) is 0 Å². The second-order valence-electron chi connectivity index (χ2n) is 4.29. The predicted molar refractivity (Wildman–Crippen MR) is 84.2 cm³/mol. The maximum Gasteiger partial charge on any atom is 0.241 e. The maximum atomic E-state index is 11.9. The molecule has 0 fully saturated rings. The van der Waals surface area contributed by atoms with E-state index in [0.29, 0.717) is 6.42 Å². The van der Waals surface area contributed by atoms with E-state index in [0.717, 1.165) is 12.0 Å². The molecule has 1 atom stereocenters. The molecule has 0 aliphatic heterocycles. The summed E-state index contributed by atoms with van der Waals surface area (Å²) in [5, 5.41) is 2.83. The zero-order chi connectivity index (χ0) is 15.3. The van der Waals surface area contributed by atoms with Crippen molar-refractivity contribution in [1.82, 2.24) is 0 Å². The van der Waals surface area contributed by atoms with Crippen LogP contribution in [0.3, 0.4) is 0 Å². The predicted octanol–water partition coefficient (Wildman–Crippen LogP) is 1.76. The van der Waals surface area contributed by atoms with E-state index in [1.165, 1.54) is 18.2 Å². The summed E-state index contributed by atoms with van der Waals surface area (Å²) in [6, 6.07) is 3.50. The number of halogens is 1. The van der Waals surface area contributed by atoms with Crippen molar-refractivity contribution < 1.29 is 13.2 Å². The molecule has 3 N–H and O–H groups in total. The molecule has 0 saturated heterocycles. The third-order valence-electron chi connectivity index (χ3n) is 2.59. The van der Waals surface area contributed by atoms with E-state index in [-0.39, 0.29) is 21.5 Å². The van der Waals surface area contributed by atoms with Crippen molar-refractivity contribution in [1.29, 1.82) is 0 Å². The highest BCUT2D eigenvalue weighted by atomic mass is 35.5. The normalized spacial score (nSPS) is 13.0. The summed E-state index contributed by atoms with van der Waals surface area (Å²) in [5.74, 6) is 0.387. The number of amides is 1.